The molecule has 2 bridgehead atoms. The quantitative estimate of drug-likeness (QED) is 0.555. The molecule has 1 aromatic rings. The van der Waals surface area contributed by atoms with Crippen LogP contribution in [0.15, 0.2) is 34.8 Å². The number of aliphatic hydroxyl groups is 1. The van der Waals surface area contributed by atoms with Crippen molar-refractivity contribution >= 4 is 27.7 Å². The Balaban J connectivity index is 1.67. The molecule has 4 heterocycles. The van der Waals surface area contributed by atoms with Crippen molar-refractivity contribution in [3.8, 4) is 5.75 Å². The van der Waals surface area contributed by atoms with Crippen molar-refractivity contribution < 1.29 is 32.2 Å². The van der Waals surface area contributed by atoms with Crippen LogP contribution in [0.2, 0.25) is 0 Å². The summed E-state index contributed by atoms with van der Waals surface area (Å²) in [7, 11) is -2.51. The Kier molecular flexibility index (Phi) is 6.98. The Labute approximate surface area is 227 Å². The number of rotatable bonds is 1. The lowest BCUT2D eigenvalue weighted by Crippen LogP contribution is -2.62. The van der Waals surface area contributed by atoms with Crippen LogP contribution in [0.4, 0.5) is 4.39 Å². The molecule has 0 radical (unpaired) electrons. The van der Waals surface area contributed by atoms with Crippen molar-refractivity contribution in [3.63, 3.8) is 0 Å². The first kappa shape index (κ1) is 27.2. The molecule has 4 aliphatic rings. The molecule has 13 heteroatoms. The maximum atomic E-state index is 14.1. The van der Waals surface area contributed by atoms with Gasteiger partial charge in [-0.1, -0.05) is 6.07 Å². The first-order valence-corrected chi connectivity index (χ1v) is 14.8. The van der Waals surface area contributed by atoms with Gasteiger partial charge in [-0.05, 0) is 46.1 Å². The largest absolute Gasteiger partial charge is 0.509 e. The molecular formula is C26H34FN5O6S. The van der Waals surface area contributed by atoms with E-state index >= 15 is 0 Å². The zero-order valence-corrected chi connectivity index (χ0v) is 23.3. The number of ether oxygens (including phenoxy) is 1. The fraction of sp³-hybridized carbons (Fsp3) is 0.577. The molecule has 11 nitrogen and oxygen atoms in total. The van der Waals surface area contributed by atoms with Gasteiger partial charge >= 0.3 is 0 Å². The maximum Gasteiger partial charge on any atom is 0.273 e. The van der Waals surface area contributed by atoms with Crippen LogP contribution in [0.25, 0.3) is 0 Å². The van der Waals surface area contributed by atoms with Gasteiger partial charge in [0, 0.05) is 37.8 Å². The molecule has 0 saturated carbocycles. The predicted octanol–water partition coefficient (Wildman–Crippen LogP) is 2.01. The third-order valence-electron chi connectivity index (χ3n) is 8.07. The first-order valence-electron chi connectivity index (χ1n) is 13.3. The Morgan fingerprint density at radius 1 is 1.21 bits per heavy atom. The summed E-state index contributed by atoms with van der Waals surface area (Å²) in [5.41, 5.74) is 0.475. The molecule has 1 N–H and O–H groups in total. The fourth-order valence-electron chi connectivity index (χ4n) is 5.86. The van der Waals surface area contributed by atoms with Gasteiger partial charge in [0.25, 0.3) is 11.8 Å². The number of piperazine rings is 1. The molecule has 5 rings (SSSR count). The van der Waals surface area contributed by atoms with E-state index in [0.717, 1.165) is 9.31 Å². The minimum atomic E-state index is -3.91. The third-order valence-corrected chi connectivity index (χ3v) is 10.3. The van der Waals surface area contributed by atoms with Crippen LogP contribution in [0, 0.1) is 11.7 Å². The summed E-state index contributed by atoms with van der Waals surface area (Å²) in [4.78, 5) is 30.4. The average molecular weight is 564 g/mol. The SMILES string of the molecule is CCN1C[C@H](C)N2C(=C(O)C3C(=O)N4Cc5ccc(F)cc5OCCCC[C@@H](C)S(=O)(=O)N(C)C(=N4)C32)C1=O. The number of carbonyl (C=O) groups excluding carboxylic acids is 2. The topological polar surface area (TPSA) is 123 Å². The van der Waals surface area contributed by atoms with E-state index in [1.807, 2.05) is 13.8 Å². The summed E-state index contributed by atoms with van der Waals surface area (Å²) in [5.74, 6) is -2.82. The fourth-order valence-corrected chi connectivity index (χ4v) is 7.27. The van der Waals surface area contributed by atoms with Crippen LogP contribution in [-0.2, 0) is 26.2 Å². The van der Waals surface area contributed by atoms with E-state index in [1.54, 1.807) is 16.7 Å². The number of benzene rings is 1. The number of fused-ring (bicyclic) bond motifs is 6. The number of hydrazone groups is 1. The molecule has 39 heavy (non-hydrogen) atoms. The summed E-state index contributed by atoms with van der Waals surface area (Å²) in [6, 6.07) is 2.70. The number of hydrogen-bond donors (Lipinski definition) is 1. The maximum absolute atomic E-state index is 14.1. The number of halogens is 1. The summed E-state index contributed by atoms with van der Waals surface area (Å²) < 4.78 is 48.4. The van der Waals surface area contributed by atoms with Crippen molar-refractivity contribution in [2.45, 2.75) is 63.9 Å². The van der Waals surface area contributed by atoms with Crippen molar-refractivity contribution in [3.05, 3.63) is 41.0 Å². The molecule has 4 atom stereocenters. The minimum absolute atomic E-state index is 0.00364. The van der Waals surface area contributed by atoms with Crippen molar-refractivity contribution in [1.82, 2.24) is 19.1 Å². The van der Waals surface area contributed by atoms with Gasteiger partial charge in [0.15, 0.2) is 5.84 Å². The zero-order valence-electron chi connectivity index (χ0n) is 22.5. The van der Waals surface area contributed by atoms with Crippen LogP contribution in [0.3, 0.4) is 0 Å². The summed E-state index contributed by atoms with van der Waals surface area (Å²) >= 11 is 0. The second kappa shape index (κ2) is 10.00. The highest BCUT2D eigenvalue weighted by atomic mass is 32.2. The molecule has 0 spiro atoms. The van der Waals surface area contributed by atoms with Gasteiger partial charge in [-0.15, -0.1) is 0 Å². The summed E-state index contributed by atoms with van der Waals surface area (Å²) in [6.07, 6.45) is 1.49. The van der Waals surface area contributed by atoms with Crippen LogP contribution >= 0.6 is 0 Å². The van der Waals surface area contributed by atoms with Gasteiger partial charge in [0.1, 0.15) is 35.0 Å². The van der Waals surface area contributed by atoms with Crippen LogP contribution in [-0.4, -0.2) is 94.4 Å². The van der Waals surface area contributed by atoms with E-state index in [1.165, 1.54) is 25.2 Å². The lowest BCUT2D eigenvalue weighted by atomic mass is 9.95. The highest BCUT2D eigenvalue weighted by Gasteiger charge is 2.58. The number of aliphatic hydroxyl groups excluding tert-OH is 1. The number of amidine groups is 1. The molecule has 1 fully saturated rings. The Bertz CT molecular complexity index is 1360. The molecule has 0 aromatic heterocycles. The monoisotopic (exact) mass is 563 g/mol. The number of carbonyl (C=O) groups is 2. The standard InChI is InChI=1S/C26H34FN5O6S/c1-5-30-13-15(2)32-21-20(23(33)22(32)26(30)35)25(34)31-14-17-9-10-18(27)12-19(17)38-11-7-6-8-16(3)39(36,37)29(4)24(21)28-31/h9-10,12,15-16,20-21,33H,5-8,11,13-14H2,1-4H3/t15-,16+,20?,21?/m0/s1. The average Bonchev–Trinajstić information content (AvgIpc) is 3.21. The van der Waals surface area contributed by atoms with E-state index < -0.39 is 50.6 Å². The summed E-state index contributed by atoms with van der Waals surface area (Å²) in [5, 5.41) is 16.2. The number of sulfonamides is 1. The number of hydrogen-bond acceptors (Lipinski definition) is 8. The number of amides is 2. The van der Waals surface area contributed by atoms with Gasteiger partial charge in [-0.25, -0.2) is 17.8 Å². The molecule has 1 aromatic carbocycles. The van der Waals surface area contributed by atoms with Gasteiger partial charge in [-0.2, -0.15) is 5.10 Å². The van der Waals surface area contributed by atoms with E-state index in [4.69, 9.17) is 4.74 Å². The molecular weight excluding hydrogens is 529 g/mol. The molecule has 0 aliphatic carbocycles. The zero-order chi connectivity index (χ0) is 28.2. The molecule has 212 valence electrons. The molecule has 2 unspecified atom stereocenters. The van der Waals surface area contributed by atoms with E-state index in [9.17, 15) is 27.5 Å². The number of nitrogens with zero attached hydrogens (tertiary/aromatic N) is 5. The van der Waals surface area contributed by atoms with Crippen molar-refractivity contribution in [2.24, 2.45) is 11.0 Å². The van der Waals surface area contributed by atoms with Crippen molar-refractivity contribution in [1.29, 1.82) is 0 Å². The lowest BCUT2D eigenvalue weighted by molar-refractivity contribution is -0.139. The third kappa shape index (κ3) is 4.40. The van der Waals surface area contributed by atoms with Gasteiger partial charge in [-0.3, -0.25) is 13.9 Å². The van der Waals surface area contributed by atoms with Crippen LogP contribution < -0.4 is 4.74 Å². The second-order valence-corrected chi connectivity index (χ2v) is 12.9. The first-order chi connectivity index (χ1) is 18.5. The van der Waals surface area contributed by atoms with Crippen molar-refractivity contribution in [2.75, 3.05) is 26.7 Å². The minimum Gasteiger partial charge on any atom is -0.509 e. The normalized spacial score (nSPS) is 29.3. The van der Waals surface area contributed by atoms with E-state index in [2.05, 4.69) is 5.10 Å². The smallest absolute Gasteiger partial charge is 0.273 e. The van der Waals surface area contributed by atoms with E-state index in [0.29, 0.717) is 37.9 Å². The number of likely N-dealkylation sites (N-methyl/N-ethyl adjacent to an activating group) is 2. The predicted molar refractivity (Wildman–Crippen MR) is 140 cm³/mol. The Morgan fingerprint density at radius 2 is 1.95 bits per heavy atom. The molecule has 4 aliphatic heterocycles. The van der Waals surface area contributed by atoms with Gasteiger partial charge in [0.05, 0.1) is 18.4 Å². The van der Waals surface area contributed by atoms with Gasteiger partial charge in [0.2, 0.25) is 10.0 Å². The van der Waals surface area contributed by atoms with Crippen LogP contribution in [0.5, 0.6) is 5.75 Å². The highest BCUT2D eigenvalue weighted by Crippen LogP contribution is 2.43. The second-order valence-electron chi connectivity index (χ2n) is 10.5. The lowest BCUT2D eigenvalue weighted by Gasteiger charge is -2.45. The Hall–Kier alpha value is -3.35. The van der Waals surface area contributed by atoms with Gasteiger partial charge < -0.3 is 19.6 Å². The Morgan fingerprint density at radius 3 is 2.67 bits per heavy atom. The molecule has 2 amide bonds. The molecule has 1 saturated heterocycles. The summed E-state index contributed by atoms with van der Waals surface area (Å²) in [6.45, 7) is 6.20. The van der Waals surface area contributed by atoms with E-state index in [-0.39, 0.29) is 36.5 Å². The van der Waals surface area contributed by atoms with Crippen LogP contribution in [0.1, 0.15) is 45.6 Å². The highest BCUT2D eigenvalue weighted by molar-refractivity contribution is 7.90.